The van der Waals surface area contributed by atoms with E-state index in [-0.39, 0.29) is 18.3 Å². The molecule has 1 aliphatic rings. The van der Waals surface area contributed by atoms with Crippen molar-refractivity contribution in [1.82, 2.24) is 4.90 Å². The number of ether oxygens (including phenoxy) is 1. The molecule has 0 saturated carbocycles. The highest BCUT2D eigenvalue weighted by atomic mass is 35.5. The first-order valence-electron chi connectivity index (χ1n) is 11.3. The minimum atomic E-state index is -3.53. The summed E-state index contributed by atoms with van der Waals surface area (Å²) in [6.45, 7) is 10.8. The van der Waals surface area contributed by atoms with E-state index in [0.29, 0.717) is 10.0 Å². The van der Waals surface area contributed by atoms with E-state index in [2.05, 4.69) is 0 Å². The number of sulfone groups is 1. The van der Waals surface area contributed by atoms with Gasteiger partial charge in [-0.05, 0) is 61.6 Å². The second kappa shape index (κ2) is 9.81. The Labute approximate surface area is 213 Å². The number of rotatable bonds is 5. The fourth-order valence-electron chi connectivity index (χ4n) is 4.16. The molecule has 0 N–H and O–H groups in total. The maximum absolute atomic E-state index is 13.5. The van der Waals surface area contributed by atoms with Crippen LogP contribution in [0.5, 0.6) is 0 Å². The van der Waals surface area contributed by atoms with Gasteiger partial charge >= 0.3 is 0 Å². The molecule has 0 aliphatic carbocycles. The maximum Gasteiger partial charge on any atom is 0.249 e. The molecule has 2 aromatic carbocycles. The summed E-state index contributed by atoms with van der Waals surface area (Å²) in [6, 6.07) is 13.4. The lowest BCUT2D eigenvalue weighted by Gasteiger charge is -2.49. The third-order valence-corrected chi connectivity index (χ3v) is 9.40. The summed E-state index contributed by atoms with van der Waals surface area (Å²) in [5.74, 6) is -0.403. The summed E-state index contributed by atoms with van der Waals surface area (Å²) in [6.07, 6.45) is -0.528. The quantitative estimate of drug-likeness (QED) is 0.461. The predicted octanol–water partition coefficient (Wildman–Crippen LogP) is 6.26. The average Bonchev–Trinajstić information content (AvgIpc) is 2.71. The van der Waals surface area contributed by atoms with E-state index in [1.165, 1.54) is 0 Å². The lowest BCUT2D eigenvalue weighted by Crippen LogP contribution is -2.58. The Bertz CT molecular complexity index is 1130. The predicted molar refractivity (Wildman–Crippen MR) is 138 cm³/mol. The smallest absolute Gasteiger partial charge is 0.249 e. The monoisotopic (exact) mass is 525 g/mol. The first-order valence-corrected chi connectivity index (χ1v) is 13.7. The highest BCUT2D eigenvalue weighted by molar-refractivity contribution is 7.92. The number of carbonyl (C=O) groups excluding carboxylic acids is 1. The van der Waals surface area contributed by atoms with Crippen LogP contribution in [0.25, 0.3) is 0 Å². The van der Waals surface area contributed by atoms with Crippen LogP contribution in [-0.2, 0) is 19.4 Å². The molecule has 3 rings (SSSR count). The summed E-state index contributed by atoms with van der Waals surface area (Å²) in [7, 11) is -3.53. The molecule has 0 spiro atoms. The van der Waals surface area contributed by atoms with Gasteiger partial charge in [-0.25, -0.2) is 8.42 Å². The molecule has 5 nitrogen and oxygen atoms in total. The molecule has 186 valence electrons. The molecule has 1 amide bonds. The largest absolute Gasteiger partial charge is 0.361 e. The van der Waals surface area contributed by atoms with Crippen molar-refractivity contribution in [3.8, 4) is 0 Å². The van der Waals surface area contributed by atoms with Crippen molar-refractivity contribution >= 4 is 38.9 Å². The summed E-state index contributed by atoms with van der Waals surface area (Å²) in [5.41, 5.74) is 1.11. The first kappa shape index (κ1) is 27.0. The van der Waals surface area contributed by atoms with Crippen LogP contribution in [0.4, 0.5) is 0 Å². The van der Waals surface area contributed by atoms with Gasteiger partial charge in [0.1, 0.15) is 12.7 Å². The highest BCUT2D eigenvalue weighted by Crippen LogP contribution is 2.45. The second-order valence-electron chi connectivity index (χ2n) is 10.9. The number of hydrogen-bond donors (Lipinski definition) is 0. The lowest BCUT2D eigenvalue weighted by atomic mass is 9.83. The number of morpholine rings is 1. The topological polar surface area (TPSA) is 63.7 Å². The van der Waals surface area contributed by atoms with Gasteiger partial charge < -0.3 is 9.64 Å². The molecular weight excluding hydrogens is 493 g/mol. The zero-order chi connectivity index (χ0) is 25.5. The fraction of sp³-hybridized carbons (Fsp3) is 0.500. The van der Waals surface area contributed by atoms with Gasteiger partial charge in [0.05, 0.1) is 22.6 Å². The number of benzene rings is 2. The van der Waals surface area contributed by atoms with Crippen molar-refractivity contribution in [1.29, 1.82) is 0 Å². The van der Waals surface area contributed by atoms with Crippen LogP contribution in [0.2, 0.25) is 10.0 Å². The van der Waals surface area contributed by atoms with Crippen LogP contribution < -0.4 is 0 Å². The summed E-state index contributed by atoms with van der Waals surface area (Å²) >= 11 is 12.4. The Balaban J connectivity index is 2.20. The Morgan fingerprint density at radius 3 is 2.12 bits per heavy atom. The highest BCUT2D eigenvalue weighted by Gasteiger charge is 2.48. The molecule has 3 atom stereocenters. The SMILES string of the molecule is CC(C)(C)C(CS(=O)(=O)C(C)(C)C)N1C(=O)COC(c2cccc(Cl)c2)[C@H]1c1ccc(Cl)cc1. The molecule has 2 aromatic rings. The maximum atomic E-state index is 13.5. The Hall–Kier alpha value is -1.60. The Kier molecular flexibility index (Phi) is 7.79. The molecule has 1 saturated heterocycles. The molecule has 0 bridgehead atoms. The number of nitrogens with zero attached hydrogens (tertiary/aromatic N) is 1. The zero-order valence-electron chi connectivity index (χ0n) is 20.5. The van der Waals surface area contributed by atoms with E-state index < -0.39 is 38.2 Å². The van der Waals surface area contributed by atoms with E-state index in [0.717, 1.165) is 11.1 Å². The molecule has 1 aliphatic heterocycles. The number of amides is 1. The van der Waals surface area contributed by atoms with Gasteiger partial charge in [0, 0.05) is 10.0 Å². The number of halogens is 2. The van der Waals surface area contributed by atoms with Crippen molar-refractivity contribution in [2.45, 2.75) is 64.5 Å². The summed E-state index contributed by atoms with van der Waals surface area (Å²) in [5, 5.41) is 1.13. The van der Waals surface area contributed by atoms with Gasteiger partial charge in [-0.15, -0.1) is 0 Å². The van der Waals surface area contributed by atoms with Crippen LogP contribution in [0.3, 0.4) is 0 Å². The van der Waals surface area contributed by atoms with Gasteiger partial charge in [0.25, 0.3) is 0 Å². The molecule has 34 heavy (non-hydrogen) atoms. The minimum absolute atomic E-state index is 0.149. The van der Waals surface area contributed by atoms with Gasteiger partial charge in [-0.2, -0.15) is 0 Å². The first-order chi connectivity index (χ1) is 15.6. The molecule has 0 aromatic heterocycles. The van der Waals surface area contributed by atoms with Crippen molar-refractivity contribution in [3.63, 3.8) is 0 Å². The van der Waals surface area contributed by atoms with Gasteiger partial charge in [0.15, 0.2) is 9.84 Å². The molecule has 2 unspecified atom stereocenters. The Morgan fingerprint density at radius 1 is 0.971 bits per heavy atom. The Morgan fingerprint density at radius 2 is 1.59 bits per heavy atom. The van der Waals surface area contributed by atoms with Gasteiger partial charge in [-0.1, -0.05) is 68.2 Å². The van der Waals surface area contributed by atoms with Crippen LogP contribution in [0, 0.1) is 5.41 Å². The fourth-order valence-corrected chi connectivity index (χ4v) is 6.06. The van der Waals surface area contributed by atoms with E-state index in [1.807, 2.05) is 51.1 Å². The third kappa shape index (κ3) is 5.78. The third-order valence-electron chi connectivity index (χ3n) is 6.30. The van der Waals surface area contributed by atoms with Crippen molar-refractivity contribution in [2.24, 2.45) is 5.41 Å². The van der Waals surface area contributed by atoms with Crippen molar-refractivity contribution in [3.05, 3.63) is 69.7 Å². The summed E-state index contributed by atoms with van der Waals surface area (Å²) in [4.78, 5) is 15.2. The lowest BCUT2D eigenvalue weighted by molar-refractivity contribution is -0.166. The van der Waals surface area contributed by atoms with Crippen LogP contribution in [-0.4, -0.2) is 42.4 Å². The number of hydrogen-bond acceptors (Lipinski definition) is 4. The molecule has 1 fully saturated rings. The van der Waals surface area contributed by atoms with Crippen LogP contribution in [0.15, 0.2) is 48.5 Å². The van der Waals surface area contributed by atoms with Crippen LogP contribution in [0.1, 0.15) is 64.8 Å². The van der Waals surface area contributed by atoms with Crippen molar-refractivity contribution < 1.29 is 17.9 Å². The molecule has 0 radical (unpaired) electrons. The molecule has 1 heterocycles. The normalized spacial score (nSPS) is 20.9. The van der Waals surface area contributed by atoms with E-state index >= 15 is 0 Å². The van der Waals surface area contributed by atoms with E-state index in [9.17, 15) is 13.2 Å². The minimum Gasteiger partial charge on any atom is -0.361 e. The van der Waals surface area contributed by atoms with Crippen molar-refractivity contribution in [2.75, 3.05) is 12.4 Å². The van der Waals surface area contributed by atoms with Crippen LogP contribution >= 0.6 is 23.2 Å². The van der Waals surface area contributed by atoms with Gasteiger partial charge in [0.2, 0.25) is 5.91 Å². The summed E-state index contributed by atoms with van der Waals surface area (Å²) < 4.78 is 31.8. The molecular formula is C26H33Cl2NO4S. The molecule has 8 heteroatoms. The van der Waals surface area contributed by atoms with E-state index in [4.69, 9.17) is 27.9 Å². The second-order valence-corrected chi connectivity index (χ2v) is 14.5. The average molecular weight is 527 g/mol. The van der Waals surface area contributed by atoms with Gasteiger partial charge in [-0.3, -0.25) is 4.79 Å². The van der Waals surface area contributed by atoms with E-state index in [1.54, 1.807) is 43.9 Å². The zero-order valence-corrected chi connectivity index (χ0v) is 22.8. The standard InChI is InChI=1S/C26H33Cl2NO4S/c1-25(2,3)21(16-34(31,32)26(4,5)6)29-22(30)15-33-24(18-8-7-9-20(28)14-18)23(29)17-10-12-19(27)13-11-17/h7-14,21,23-24H,15-16H2,1-6H3/t21?,23-,24?/m1/s1. The number of carbonyl (C=O) groups is 1.